The largest absolute Gasteiger partial charge is 0.491 e. The summed E-state index contributed by atoms with van der Waals surface area (Å²) < 4.78 is 5.75. The molecule has 0 heterocycles. The third-order valence-corrected chi connectivity index (χ3v) is 2.91. The van der Waals surface area contributed by atoms with Crippen LogP contribution >= 0.6 is 0 Å². The van der Waals surface area contributed by atoms with Crippen molar-refractivity contribution in [3.63, 3.8) is 0 Å². The average Bonchev–Trinajstić information content (AvgIpc) is 2.36. The Morgan fingerprint density at radius 1 is 1.25 bits per heavy atom. The van der Waals surface area contributed by atoms with E-state index in [4.69, 9.17) is 4.74 Å². The highest BCUT2D eigenvalue weighted by Gasteiger charge is 2.14. The van der Waals surface area contributed by atoms with Crippen LogP contribution < -0.4 is 10.1 Å². The molecule has 1 rings (SSSR count). The SMILES string of the molecule is CC(O)CCC(=O)NC(C)c1ccccc1OC(C)C. The number of amides is 1. The molecule has 0 bridgehead atoms. The third-order valence-electron chi connectivity index (χ3n) is 2.91. The highest BCUT2D eigenvalue weighted by atomic mass is 16.5. The summed E-state index contributed by atoms with van der Waals surface area (Å²) >= 11 is 0. The zero-order valence-electron chi connectivity index (χ0n) is 12.7. The average molecular weight is 279 g/mol. The molecule has 0 radical (unpaired) electrons. The van der Waals surface area contributed by atoms with Crippen LogP contribution in [0, 0.1) is 0 Å². The van der Waals surface area contributed by atoms with E-state index in [0.717, 1.165) is 11.3 Å². The minimum absolute atomic E-state index is 0.0576. The van der Waals surface area contributed by atoms with Crippen LogP contribution in [0.3, 0.4) is 0 Å². The maximum absolute atomic E-state index is 11.8. The molecule has 4 nitrogen and oxygen atoms in total. The first kappa shape index (κ1) is 16.5. The van der Waals surface area contributed by atoms with Crippen molar-refractivity contribution in [2.45, 2.75) is 58.8 Å². The Morgan fingerprint density at radius 2 is 1.90 bits per heavy atom. The summed E-state index contributed by atoms with van der Waals surface area (Å²) in [6.45, 7) is 7.57. The van der Waals surface area contributed by atoms with Gasteiger partial charge in [-0.15, -0.1) is 0 Å². The molecule has 0 saturated carbocycles. The molecule has 4 heteroatoms. The summed E-state index contributed by atoms with van der Waals surface area (Å²) in [5, 5.41) is 12.1. The molecule has 0 spiro atoms. The number of ether oxygens (including phenoxy) is 1. The van der Waals surface area contributed by atoms with Crippen LogP contribution in [0.25, 0.3) is 0 Å². The number of carbonyl (C=O) groups excluding carboxylic acids is 1. The summed E-state index contributed by atoms with van der Waals surface area (Å²) in [5.74, 6) is 0.739. The molecule has 1 amide bonds. The van der Waals surface area contributed by atoms with Gasteiger partial charge in [-0.05, 0) is 40.2 Å². The zero-order chi connectivity index (χ0) is 15.1. The minimum atomic E-state index is -0.451. The first-order valence-corrected chi connectivity index (χ1v) is 7.13. The Balaban J connectivity index is 2.67. The summed E-state index contributed by atoms with van der Waals surface area (Å²) in [7, 11) is 0. The molecule has 0 saturated heterocycles. The van der Waals surface area contributed by atoms with Crippen LogP contribution in [-0.4, -0.2) is 23.2 Å². The number of para-hydroxylation sites is 1. The summed E-state index contributed by atoms with van der Waals surface area (Å²) in [4.78, 5) is 11.8. The predicted molar refractivity (Wildman–Crippen MR) is 79.7 cm³/mol. The molecule has 1 aromatic carbocycles. The van der Waals surface area contributed by atoms with Gasteiger partial charge in [-0.25, -0.2) is 0 Å². The highest BCUT2D eigenvalue weighted by molar-refractivity contribution is 5.76. The number of hydrogen-bond donors (Lipinski definition) is 2. The van der Waals surface area contributed by atoms with E-state index in [0.29, 0.717) is 12.8 Å². The molecule has 0 aliphatic heterocycles. The van der Waals surface area contributed by atoms with Gasteiger partial charge in [-0.1, -0.05) is 18.2 Å². The fraction of sp³-hybridized carbons (Fsp3) is 0.562. The lowest BCUT2D eigenvalue weighted by molar-refractivity contribution is -0.122. The van der Waals surface area contributed by atoms with Crippen molar-refractivity contribution in [2.75, 3.05) is 0 Å². The van der Waals surface area contributed by atoms with E-state index in [2.05, 4.69) is 5.32 Å². The van der Waals surface area contributed by atoms with Gasteiger partial charge in [0.05, 0.1) is 18.2 Å². The fourth-order valence-electron chi connectivity index (χ4n) is 1.93. The molecule has 2 unspecified atom stereocenters. The Bertz CT molecular complexity index is 429. The lowest BCUT2D eigenvalue weighted by atomic mass is 10.1. The highest BCUT2D eigenvalue weighted by Crippen LogP contribution is 2.25. The van der Waals surface area contributed by atoms with Gasteiger partial charge in [0.2, 0.25) is 5.91 Å². The van der Waals surface area contributed by atoms with Crippen molar-refractivity contribution >= 4 is 5.91 Å². The molecule has 0 aliphatic carbocycles. The Morgan fingerprint density at radius 3 is 2.50 bits per heavy atom. The van der Waals surface area contributed by atoms with Gasteiger partial charge in [0, 0.05) is 12.0 Å². The van der Waals surface area contributed by atoms with E-state index in [-0.39, 0.29) is 18.1 Å². The van der Waals surface area contributed by atoms with Crippen LogP contribution in [0.4, 0.5) is 0 Å². The van der Waals surface area contributed by atoms with E-state index in [9.17, 15) is 9.90 Å². The summed E-state index contributed by atoms with van der Waals surface area (Å²) in [5.41, 5.74) is 0.964. The maximum Gasteiger partial charge on any atom is 0.220 e. The van der Waals surface area contributed by atoms with Gasteiger partial charge in [-0.2, -0.15) is 0 Å². The van der Waals surface area contributed by atoms with Gasteiger partial charge >= 0.3 is 0 Å². The molecular weight excluding hydrogens is 254 g/mol. The number of carbonyl (C=O) groups is 1. The molecule has 0 fully saturated rings. The normalized spacial score (nSPS) is 13.9. The topological polar surface area (TPSA) is 58.6 Å². The maximum atomic E-state index is 11.8. The minimum Gasteiger partial charge on any atom is -0.491 e. The number of aliphatic hydroxyl groups is 1. The lowest BCUT2D eigenvalue weighted by Crippen LogP contribution is -2.27. The molecular formula is C16H25NO3. The quantitative estimate of drug-likeness (QED) is 0.807. The predicted octanol–water partition coefficient (Wildman–Crippen LogP) is 2.81. The number of hydrogen-bond acceptors (Lipinski definition) is 3. The van der Waals surface area contributed by atoms with Gasteiger partial charge in [0.1, 0.15) is 5.75 Å². The number of benzene rings is 1. The van der Waals surface area contributed by atoms with Gasteiger partial charge in [-0.3, -0.25) is 4.79 Å². The zero-order valence-corrected chi connectivity index (χ0v) is 12.7. The molecule has 2 N–H and O–H groups in total. The van der Waals surface area contributed by atoms with Crippen molar-refractivity contribution in [1.82, 2.24) is 5.32 Å². The van der Waals surface area contributed by atoms with Crippen LogP contribution in [0.5, 0.6) is 5.75 Å². The molecule has 112 valence electrons. The van der Waals surface area contributed by atoms with Crippen molar-refractivity contribution in [3.8, 4) is 5.75 Å². The van der Waals surface area contributed by atoms with Crippen LogP contribution in [-0.2, 0) is 4.79 Å². The van der Waals surface area contributed by atoms with Crippen LogP contribution in [0.2, 0.25) is 0 Å². The second kappa shape index (κ2) is 7.90. The number of rotatable bonds is 7. The monoisotopic (exact) mass is 279 g/mol. The number of aliphatic hydroxyl groups excluding tert-OH is 1. The number of nitrogens with one attached hydrogen (secondary N) is 1. The Labute approximate surface area is 121 Å². The lowest BCUT2D eigenvalue weighted by Gasteiger charge is -2.20. The van der Waals surface area contributed by atoms with Crippen molar-refractivity contribution in [3.05, 3.63) is 29.8 Å². The smallest absolute Gasteiger partial charge is 0.220 e. The van der Waals surface area contributed by atoms with Crippen molar-refractivity contribution in [2.24, 2.45) is 0 Å². The second-order valence-corrected chi connectivity index (χ2v) is 5.38. The first-order valence-electron chi connectivity index (χ1n) is 7.13. The van der Waals surface area contributed by atoms with Gasteiger partial charge in [0.15, 0.2) is 0 Å². The van der Waals surface area contributed by atoms with Crippen molar-refractivity contribution < 1.29 is 14.6 Å². The van der Waals surface area contributed by atoms with E-state index in [1.54, 1.807) is 6.92 Å². The van der Waals surface area contributed by atoms with Crippen LogP contribution in [0.1, 0.15) is 52.1 Å². The third kappa shape index (κ3) is 5.61. The van der Waals surface area contributed by atoms with E-state index >= 15 is 0 Å². The van der Waals surface area contributed by atoms with E-state index < -0.39 is 6.10 Å². The van der Waals surface area contributed by atoms with E-state index in [1.807, 2.05) is 45.0 Å². The van der Waals surface area contributed by atoms with Crippen molar-refractivity contribution in [1.29, 1.82) is 0 Å². The second-order valence-electron chi connectivity index (χ2n) is 5.38. The Kier molecular flexibility index (Phi) is 6.52. The van der Waals surface area contributed by atoms with Gasteiger partial charge in [0.25, 0.3) is 0 Å². The fourth-order valence-corrected chi connectivity index (χ4v) is 1.93. The first-order chi connectivity index (χ1) is 9.40. The molecule has 20 heavy (non-hydrogen) atoms. The van der Waals surface area contributed by atoms with E-state index in [1.165, 1.54) is 0 Å². The molecule has 0 aromatic heterocycles. The Hall–Kier alpha value is -1.55. The van der Waals surface area contributed by atoms with Crippen LogP contribution in [0.15, 0.2) is 24.3 Å². The molecule has 2 atom stereocenters. The standard InChI is InChI=1S/C16H25NO3/c1-11(2)20-15-8-6-5-7-14(15)13(4)17-16(19)10-9-12(3)18/h5-8,11-13,18H,9-10H2,1-4H3,(H,17,19). The summed E-state index contributed by atoms with van der Waals surface area (Å²) in [6.07, 6.45) is 0.444. The summed E-state index contributed by atoms with van der Waals surface area (Å²) in [6, 6.07) is 7.60. The molecule has 1 aromatic rings. The molecule has 0 aliphatic rings. The van der Waals surface area contributed by atoms with Gasteiger partial charge < -0.3 is 15.2 Å².